The fourth-order valence-electron chi connectivity index (χ4n) is 4.46. The minimum Gasteiger partial charge on any atom is -0.496 e. The Kier molecular flexibility index (Phi) is 6.08. The lowest BCUT2D eigenvalue weighted by atomic mass is 9.85. The molecule has 4 rings (SSSR count). The standard InChI is InChI=1S/C26H28FNO3S/c1-15-13-26(3,4)28-21-10-9-18(19-8-7-17(27)12-22(19)30-5)20(24(15)21)14-31-25(29)23-11-6-16(2)32-23/h6-10,12-13,23,28H,11,14H2,1-5H3. The summed E-state index contributed by atoms with van der Waals surface area (Å²) >= 11 is 1.55. The molecule has 1 atom stereocenters. The summed E-state index contributed by atoms with van der Waals surface area (Å²) in [6.45, 7) is 8.43. The van der Waals surface area contributed by atoms with Crippen LogP contribution in [0.3, 0.4) is 0 Å². The Morgan fingerprint density at radius 2 is 1.97 bits per heavy atom. The fraction of sp³-hybridized carbons (Fsp3) is 0.346. The van der Waals surface area contributed by atoms with Gasteiger partial charge in [0, 0.05) is 28.4 Å². The van der Waals surface area contributed by atoms with Crippen molar-refractivity contribution in [3.05, 3.63) is 64.3 Å². The molecule has 0 saturated heterocycles. The van der Waals surface area contributed by atoms with E-state index in [2.05, 4.69) is 38.2 Å². The monoisotopic (exact) mass is 453 g/mol. The van der Waals surface area contributed by atoms with Gasteiger partial charge in [0.2, 0.25) is 0 Å². The highest BCUT2D eigenvalue weighted by molar-refractivity contribution is 8.04. The molecule has 2 heterocycles. The molecule has 2 aromatic rings. The molecule has 0 spiro atoms. The largest absolute Gasteiger partial charge is 0.496 e. The Morgan fingerprint density at radius 3 is 2.66 bits per heavy atom. The van der Waals surface area contributed by atoms with E-state index in [9.17, 15) is 9.18 Å². The van der Waals surface area contributed by atoms with Crippen molar-refractivity contribution in [1.82, 2.24) is 0 Å². The zero-order valence-corrected chi connectivity index (χ0v) is 19.9. The number of nitrogens with one attached hydrogen (secondary N) is 1. The average Bonchev–Trinajstić information content (AvgIpc) is 3.17. The predicted octanol–water partition coefficient (Wildman–Crippen LogP) is 6.56. The molecule has 1 N–H and O–H groups in total. The zero-order chi connectivity index (χ0) is 23.0. The first-order chi connectivity index (χ1) is 15.2. The van der Waals surface area contributed by atoms with Crippen molar-refractivity contribution in [1.29, 1.82) is 0 Å². The lowest BCUT2D eigenvalue weighted by Crippen LogP contribution is -2.32. The van der Waals surface area contributed by atoms with Crippen LogP contribution in [0.2, 0.25) is 0 Å². The summed E-state index contributed by atoms with van der Waals surface area (Å²) < 4.78 is 25.1. The van der Waals surface area contributed by atoms with Gasteiger partial charge in [-0.25, -0.2) is 4.39 Å². The molecule has 2 aliphatic rings. The van der Waals surface area contributed by atoms with Crippen LogP contribution >= 0.6 is 11.8 Å². The Balaban J connectivity index is 1.77. The molecule has 6 heteroatoms. The van der Waals surface area contributed by atoms with Gasteiger partial charge in [-0.3, -0.25) is 4.79 Å². The number of allylic oxidation sites excluding steroid dienone is 3. The minimum atomic E-state index is -0.364. The maximum absolute atomic E-state index is 13.9. The number of hydrogen-bond donors (Lipinski definition) is 1. The Morgan fingerprint density at radius 1 is 1.22 bits per heavy atom. The van der Waals surface area contributed by atoms with Crippen LogP contribution in [0.25, 0.3) is 16.7 Å². The van der Waals surface area contributed by atoms with Crippen LogP contribution in [0.1, 0.15) is 45.2 Å². The third-order valence-electron chi connectivity index (χ3n) is 5.76. The highest BCUT2D eigenvalue weighted by Crippen LogP contribution is 2.43. The number of ether oxygens (including phenoxy) is 2. The molecular formula is C26H28FNO3S. The van der Waals surface area contributed by atoms with Gasteiger partial charge in [-0.2, -0.15) is 0 Å². The van der Waals surface area contributed by atoms with E-state index in [4.69, 9.17) is 9.47 Å². The van der Waals surface area contributed by atoms with Gasteiger partial charge in [-0.15, -0.1) is 11.8 Å². The number of methoxy groups -OCH3 is 1. The summed E-state index contributed by atoms with van der Waals surface area (Å²) in [6, 6.07) is 8.51. The number of hydrogen-bond acceptors (Lipinski definition) is 5. The molecule has 1 unspecified atom stereocenters. The normalized spacial score (nSPS) is 18.9. The van der Waals surface area contributed by atoms with E-state index in [1.807, 2.05) is 19.1 Å². The van der Waals surface area contributed by atoms with Crippen LogP contribution in [0.5, 0.6) is 5.75 Å². The van der Waals surface area contributed by atoms with Crippen molar-refractivity contribution in [3.8, 4) is 16.9 Å². The van der Waals surface area contributed by atoms with Gasteiger partial charge in [-0.1, -0.05) is 18.2 Å². The minimum absolute atomic E-state index is 0.126. The maximum Gasteiger partial charge on any atom is 0.320 e. The smallest absolute Gasteiger partial charge is 0.320 e. The number of carbonyl (C=O) groups excluding carboxylic acids is 1. The molecule has 0 radical (unpaired) electrons. The van der Waals surface area contributed by atoms with Gasteiger partial charge in [0.25, 0.3) is 0 Å². The molecule has 0 fully saturated rings. The number of carbonyl (C=O) groups is 1. The number of thioether (sulfide) groups is 1. The third kappa shape index (κ3) is 4.42. The van der Waals surface area contributed by atoms with Gasteiger partial charge in [0.05, 0.1) is 12.6 Å². The first-order valence-corrected chi connectivity index (χ1v) is 11.5. The summed E-state index contributed by atoms with van der Waals surface area (Å²) in [5.74, 6) is -0.143. The maximum atomic E-state index is 13.9. The van der Waals surface area contributed by atoms with Gasteiger partial charge in [-0.05, 0) is 68.4 Å². The van der Waals surface area contributed by atoms with Gasteiger partial charge < -0.3 is 14.8 Å². The summed E-state index contributed by atoms with van der Waals surface area (Å²) in [5.41, 5.74) is 5.40. The molecule has 0 aromatic heterocycles. The van der Waals surface area contributed by atoms with E-state index >= 15 is 0 Å². The van der Waals surface area contributed by atoms with Crippen LogP contribution in [0.4, 0.5) is 10.1 Å². The highest BCUT2D eigenvalue weighted by atomic mass is 32.2. The SMILES string of the molecule is COc1cc(F)ccc1-c1ccc2c(c1COC(=O)C1CC=C(C)S1)C(C)=CC(C)(C)N2. The zero-order valence-electron chi connectivity index (χ0n) is 19.0. The molecule has 0 aliphatic carbocycles. The van der Waals surface area contributed by atoms with E-state index < -0.39 is 0 Å². The molecule has 168 valence electrons. The number of rotatable bonds is 5. The predicted molar refractivity (Wildman–Crippen MR) is 129 cm³/mol. The molecule has 0 saturated carbocycles. The second kappa shape index (κ2) is 8.66. The summed E-state index contributed by atoms with van der Waals surface area (Å²) in [4.78, 5) is 13.9. The molecule has 2 aliphatic heterocycles. The van der Waals surface area contributed by atoms with Gasteiger partial charge >= 0.3 is 5.97 Å². The topological polar surface area (TPSA) is 47.6 Å². The molecule has 32 heavy (non-hydrogen) atoms. The lowest BCUT2D eigenvalue weighted by molar-refractivity contribution is -0.144. The van der Waals surface area contributed by atoms with Crippen LogP contribution < -0.4 is 10.1 Å². The van der Waals surface area contributed by atoms with Crippen LogP contribution in [0, 0.1) is 5.82 Å². The number of benzene rings is 2. The van der Waals surface area contributed by atoms with Crippen molar-refractivity contribution in [3.63, 3.8) is 0 Å². The first-order valence-electron chi connectivity index (χ1n) is 10.7. The van der Waals surface area contributed by atoms with Gasteiger partial charge in [0.1, 0.15) is 23.4 Å². The Bertz CT molecular complexity index is 1140. The first kappa shape index (κ1) is 22.5. The van der Waals surface area contributed by atoms with Crippen molar-refractivity contribution < 1.29 is 18.7 Å². The second-order valence-electron chi connectivity index (χ2n) is 8.80. The Hall–Kier alpha value is -2.73. The van der Waals surface area contributed by atoms with Crippen molar-refractivity contribution in [2.75, 3.05) is 12.4 Å². The summed E-state index contributed by atoms with van der Waals surface area (Å²) in [6.07, 6.45) is 4.93. The second-order valence-corrected chi connectivity index (χ2v) is 10.2. The van der Waals surface area contributed by atoms with E-state index in [1.54, 1.807) is 17.8 Å². The lowest BCUT2D eigenvalue weighted by Gasteiger charge is -2.33. The molecule has 0 amide bonds. The third-order valence-corrected chi connectivity index (χ3v) is 6.97. The van der Waals surface area contributed by atoms with Crippen molar-refractivity contribution in [2.24, 2.45) is 0 Å². The van der Waals surface area contributed by atoms with E-state index in [0.29, 0.717) is 12.2 Å². The quantitative estimate of drug-likeness (QED) is 0.520. The van der Waals surface area contributed by atoms with E-state index in [0.717, 1.165) is 38.4 Å². The summed E-state index contributed by atoms with van der Waals surface area (Å²) in [5, 5.41) is 3.35. The van der Waals surface area contributed by atoms with Crippen LogP contribution in [-0.4, -0.2) is 23.9 Å². The number of esters is 1. The number of anilines is 1. The molecule has 0 bridgehead atoms. The van der Waals surface area contributed by atoms with E-state index in [1.165, 1.54) is 19.2 Å². The number of fused-ring (bicyclic) bond motifs is 1. The van der Waals surface area contributed by atoms with Crippen molar-refractivity contribution in [2.45, 2.75) is 51.5 Å². The Labute approximate surface area is 192 Å². The van der Waals surface area contributed by atoms with Gasteiger partial charge in [0.15, 0.2) is 0 Å². The number of halogens is 1. The molecular weight excluding hydrogens is 425 g/mol. The van der Waals surface area contributed by atoms with Crippen molar-refractivity contribution >= 4 is 29.0 Å². The highest BCUT2D eigenvalue weighted by Gasteiger charge is 2.29. The fourth-order valence-corrected chi connectivity index (χ4v) is 5.46. The van der Waals surface area contributed by atoms with Crippen LogP contribution in [0.15, 0.2) is 47.4 Å². The summed E-state index contributed by atoms with van der Waals surface area (Å²) in [7, 11) is 1.53. The van der Waals surface area contributed by atoms with E-state index in [-0.39, 0.29) is 29.2 Å². The van der Waals surface area contributed by atoms with Crippen LogP contribution in [-0.2, 0) is 16.1 Å². The average molecular weight is 454 g/mol. The molecule has 4 nitrogen and oxygen atoms in total. The molecule has 2 aromatic carbocycles.